The molecule has 27 heavy (non-hydrogen) atoms. The van der Waals surface area contributed by atoms with Gasteiger partial charge in [-0.15, -0.1) is 0 Å². The third kappa shape index (κ3) is 3.77. The van der Waals surface area contributed by atoms with E-state index in [4.69, 9.17) is 0 Å². The summed E-state index contributed by atoms with van der Waals surface area (Å²) in [6.07, 6.45) is 1.98. The van der Waals surface area contributed by atoms with Crippen molar-refractivity contribution in [1.29, 1.82) is 0 Å². The topological polar surface area (TPSA) is 45.2 Å². The lowest BCUT2D eigenvalue weighted by Gasteiger charge is -2.34. The van der Waals surface area contributed by atoms with Gasteiger partial charge in [0.2, 0.25) is 0 Å². The number of rotatable bonds is 3. The van der Waals surface area contributed by atoms with Crippen molar-refractivity contribution in [3.8, 4) is 0 Å². The largest absolute Gasteiger partial charge is 0.381 e. The Hall–Kier alpha value is -2.95. The molecule has 1 aromatic heterocycles. The number of nitrogens with zero attached hydrogens (tertiary/aromatic N) is 2. The van der Waals surface area contributed by atoms with Gasteiger partial charge in [-0.05, 0) is 50.1 Å². The predicted molar refractivity (Wildman–Crippen MR) is 105 cm³/mol. The van der Waals surface area contributed by atoms with Gasteiger partial charge in [-0.1, -0.05) is 18.2 Å². The minimum atomic E-state index is -0.343. The summed E-state index contributed by atoms with van der Waals surface area (Å²) in [7, 11) is 0. The SMILES string of the molecule is Cc1cc(C(=O)N2CCC[C@@H](Nc3ccccc3)C2)c2ccc(F)cc2n1. The molecule has 1 atom stereocenters. The van der Waals surface area contributed by atoms with E-state index in [9.17, 15) is 9.18 Å². The van der Waals surface area contributed by atoms with Crippen LogP contribution in [-0.2, 0) is 0 Å². The molecule has 2 heterocycles. The van der Waals surface area contributed by atoms with Crippen molar-refractivity contribution in [3.05, 3.63) is 71.7 Å². The average Bonchev–Trinajstić information content (AvgIpc) is 2.67. The summed E-state index contributed by atoms with van der Waals surface area (Å²) in [5.41, 5.74) is 2.90. The van der Waals surface area contributed by atoms with Crippen molar-refractivity contribution < 1.29 is 9.18 Å². The Labute approximate surface area is 158 Å². The number of nitrogens with one attached hydrogen (secondary N) is 1. The maximum Gasteiger partial charge on any atom is 0.254 e. The van der Waals surface area contributed by atoms with Crippen LogP contribution in [0.4, 0.5) is 10.1 Å². The van der Waals surface area contributed by atoms with Crippen LogP contribution in [0.2, 0.25) is 0 Å². The Balaban J connectivity index is 1.58. The van der Waals surface area contributed by atoms with Crippen molar-refractivity contribution in [2.75, 3.05) is 18.4 Å². The zero-order chi connectivity index (χ0) is 18.8. The number of halogens is 1. The molecule has 1 N–H and O–H groups in total. The van der Waals surface area contributed by atoms with Gasteiger partial charge in [0.1, 0.15) is 5.82 Å². The summed E-state index contributed by atoms with van der Waals surface area (Å²) >= 11 is 0. The van der Waals surface area contributed by atoms with Crippen LogP contribution in [0.1, 0.15) is 28.9 Å². The molecule has 4 nitrogen and oxygen atoms in total. The smallest absolute Gasteiger partial charge is 0.254 e. The average molecular weight is 363 g/mol. The van der Waals surface area contributed by atoms with Crippen molar-refractivity contribution in [2.24, 2.45) is 0 Å². The van der Waals surface area contributed by atoms with Crippen LogP contribution in [0.25, 0.3) is 10.9 Å². The molecule has 1 aliphatic heterocycles. The van der Waals surface area contributed by atoms with Crippen LogP contribution in [0.3, 0.4) is 0 Å². The Morgan fingerprint density at radius 1 is 1.19 bits per heavy atom. The molecule has 2 aromatic carbocycles. The van der Waals surface area contributed by atoms with Crippen LogP contribution in [0.15, 0.2) is 54.6 Å². The summed E-state index contributed by atoms with van der Waals surface area (Å²) in [5.74, 6) is -0.360. The highest BCUT2D eigenvalue weighted by Gasteiger charge is 2.26. The van der Waals surface area contributed by atoms with Crippen LogP contribution in [0.5, 0.6) is 0 Å². The summed E-state index contributed by atoms with van der Waals surface area (Å²) in [6.45, 7) is 3.21. The molecule has 1 amide bonds. The highest BCUT2D eigenvalue weighted by molar-refractivity contribution is 6.06. The summed E-state index contributed by atoms with van der Waals surface area (Å²) in [4.78, 5) is 19.5. The van der Waals surface area contributed by atoms with E-state index in [2.05, 4.69) is 10.3 Å². The van der Waals surface area contributed by atoms with Gasteiger partial charge in [0.25, 0.3) is 5.91 Å². The first kappa shape index (κ1) is 17.5. The number of hydrogen-bond donors (Lipinski definition) is 1. The van der Waals surface area contributed by atoms with E-state index < -0.39 is 0 Å². The van der Waals surface area contributed by atoms with Gasteiger partial charge in [0, 0.05) is 42.0 Å². The summed E-state index contributed by atoms with van der Waals surface area (Å²) < 4.78 is 13.6. The number of likely N-dealkylation sites (tertiary alicyclic amines) is 1. The monoisotopic (exact) mass is 363 g/mol. The number of piperidine rings is 1. The second-order valence-electron chi connectivity index (χ2n) is 7.07. The van der Waals surface area contributed by atoms with E-state index >= 15 is 0 Å². The van der Waals surface area contributed by atoms with E-state index in [1.54, 1.807) is 12.1 Å². The summed E-state index contributed by atoms with van der Waals surface area (Å²) in [6, 6.07) is 16.5. The number of aromatic nitrogens is 1. The molecule has 0 bridgehead atoms. The van der Waals surface area contributed by atoms with Gasteiger partial charge in [0.15, 0.2) is 0 Å². The molecule has 0 radical (unpaired) electrons. The zero-order valence-corrected chi connectivity index (χ0v) is 15.3. The maximum absolute atomic E-state index is 13.6. The molecular formula is C22H22FN3O. The maximum atomic E-state index is 13.6. The lowest BCUT2D eigenvalue weighted by Crippen LogP contribution is -2.45. The first-order valence-electron chi connectivity index (χ1n) is 9.28. The van der Waals surface area contributed by atoms with Crippen molar-refractivity contribution >= 4 is 22.5 Å². The standard InChI is InChI=1S/C22H22FN3O/c1-15-12-20(19-10-9-16(23)13-21(19)24-15)22(27)26-11-5-8-18(14-26)25-17-6-3-2-4-7-17/h2-4,6-7,9-10,12-13,18,25H,5,8,11,14H2,1H3/t18-/m1/s1. The minimum absolute atomic E-state index is 0.0170. The van der Waals surface area contributed by atoms with Crippen LogP contribution >= 0.6 is 0 Å². The van der Waals surface area contributed by atoms with E-state index in [1.165, 1.54) is 12.1 Å². The first-order valence-corrected chi connectivity index (χ1v) is 9.28. The number of carbonyl (C=O) groups is 1. The Kier molecular flexibility index (Phi) is 4.75. The molecule has 3 aromatic rings. The van der Waals surface area contributed by atoms with Crippen LogP contribution in [0, 0.1) is 12.7 Å². The van der Waals surface area contributed by atoms with E-state index in [0.717, 1.165) is 25.1 Å². The van der Waals surface area contributed by atoms with E-state index in [-0.39, 0.29) is 17.8 Å². The Morgan fingerprint density at radius 2 is 2.00 bits per heavy atom. The van der Waals surface area contributed by atoms with Gasteiger partial charge in [-0.2, -0.15) is 0 Å². The number of fused-ring (bicyclic) bond motifs is 1. The summed E-state index contributed by atoms with van der Waals surface area (Å²) in [5, 5.41) is 4.22. The molecule has 138 valence electrons. The second-order valence-corrected chi connectivity index (χ2v) is 7.07. The van der Waals surface area contributed by atoms with Gasteiger partial charge in [-0.25, -0.2) is 4.39 Å². The Morgan fingerprint density at radius 3 is 2.81 bits per heavy atom. The number of anilines is 1. The third-order valence-corrected chi connectivity index (χ3v) is 4.98. The fraction of sp³-hybridized carbons (Fsp3) is 0.273. The predicted octanol–water partition coefficient (Wildman–Crippen LogP) is 4.40. The molecular weight excluding hydrogens is 341 g/mol. The fourth-order valence-corrected chi connectivity index (χ4v) is 3.73. The number of para-hydroxylation sites is 1. The quantitative estimate of drug-likeness (QED) is 0.750. The molecule has 1 saturated heterocycles. The highest BCUT2D eigenvalue weighted by Crippen LogP contribution is 2.23. The molecule has 0 spiro atoms. The van der Waals surface area contributed by atoms with E-state index in [1.807, 2.05) is 42.2 Å². The minimum Gasteiger partial charge on any atom is -0.381 e. The second kappa shape index (κ2) is 7.35. The molecule has 5 heteroatoms. The van der Waals surface area contributed by atoms with Gasteiger partial charge < -0.3 is 10.2 Å². The molecule has 1 fully saturated rings. The number of benzene rings is 2. The lowest BCUT2D eigenvalue weighted by atomic mass is 10.0. The number of pyridine rings is 1. The molecule has 0 aliphatic carbocycles. The highest BCUT2D eigenvalue weighted by atomic mass is 19.1. The number of amides is 1. The molecule has 0 saturated carbocycles. The van der Waals surface area contributed by atoms with Crippen LogP contribution in [-0.4, -0.2) is 34.9 Å². The first-order chi connectivity index (χ1) is 13.1. The van der Waals surface area contributed by atoms with E-state index in [0.29, 0.717) is 28.7 Å². The van der Waals surface area contributed by atoms with Crippen molar-refractivity contribution in [2.45, 2.75) is 25.8 Å². The van der Waals surface area contributed by atoms with Crippen LogP contribution < -0.4 is 5.32 Å². The molecule has 4 rings (SSSR count). The molecule has 0 unspecified atom stereocenters. The fourth-order valence-electron chi connectivity index (χ4n) is 3.73. The normalized spacial score (nSPS) is 17.1. The number of hydrogen-bond acceptors (Lipinski definition) is 3. The molecule has 1 aliphatic rings. The Bertz CT molecular complexity index is 969. The zero-order valence-electron chi connectivity index (χ0n) is 15.3. The third-order valence-electron chi connectivity index (χ3n) is 4.98. The van der Waals surface area contributed by atoms with Gasteiger partial charge in [0.05, 0.1) is 11.1 Å². The van der Waals surface area contributed by atoms with Gasteiger partial charge >= 0.3 is 0 Å². The van der Waals surface area contributed by atoms with Crippen molar-refractivity contribution in [3.63, 3.8) is 0 Å². The lowest BCUT2D eigenvalue weighted by molar-refractivity contribution is 0.0716. The van der Waals surface area contributed by atoms with Gasteiger partial charge in [-0.3, -0.25) is 9.78 Å². The van der Waals surface area contributed by atoms with Crippen molar-refractivity contribution in [1.82, 2.24) is 9.88 Å². The number of aryl methyl sites for hydroxylation is 1. The number of carbonyl (C=O) groups excluding carboxylic acids is 1.